The van der Waals surface area contributed by atoms with Gasteiger partial charge in [0.2, 0.25) is 5.89 Å². The van der Waals surface area contributed by atoms with Crippen molar-refractivity contribution in [1.29, 1.82) is 0 Å². The molecule has 0 radical (unpaired) electrons. The number of benzene rings is 4. The molecule has 0 saturated carbocycles. The lowest BCUT2D eigenvalue weighted by atomic mass is 9.82. The predicted molar refractivity (Wildman–Crippen MR) is 126 cm³/mol. The number of nitrogens with one attached hydrogen (secondary N) is 1. The van der Waals surface area contributed by atoms with Gasteiger partial charge in [-0.2, -0.15) is 0 Å². The highest BCUT2D eigenvalue weighted by molar-refractivity contribution is 6.16. The highest BCUT2D eigenvalue weighted by Gasteiger charge is 2.35. The molecular weight excluding hydrogens is 380 g/mol. The Labute approximate surface area is 179 Å². The van der Waals surface area contributed by atoms with Crippen LogP contribution in [0.15, 0.2) is 83.3 Å². The molecule has 6 aromatic rings. The molecule has 4 aromatic carbocycles. The molecule has 2 aromatic heterocycles. The summed E-state index contributed by atoms with van der Waals surface area (Å²) < 4.78 is 6.25. The Morgan fingerprint density at radius 3 is 2.45 bits per heavy atom. The molecule has 1 N–H and O–H groups in total. The van der Waals surface area contributed by atoms with Crippen molar-refractivity contribution in [3.8, 4) is 22.6 Å². The topological polar surface area (TPSA) is 41.8 Å². The third-order valence-electron chi connectivity index (χ3n) is 6.85. The zero-order valence-corrected chi connectivity index (χ0v) is 17.4. The summed E-state index contributed by atoms with van der Waals surface area (Å²) in [6.07, 6.45) is 0. The van der Waals surface area contributed by atoms with Crippen LogP contribution in [0.5, 0.6) is 0 Å². The van der Waals surface area contributed by atoms with E-state index >= 15 is 0 Å². The summed E-state index contributed by atoms with van der Waals surface area (Å²) in [5.74, 6) is 0.652. The lowest BCUT2D eigenvalue weighted by molar-refractivity contribution is 0.622. The van der Waals surface area contributed by atoms with E-state index in [1.807, 2.05) is 30.3 Å². The molecule has 1 aliphatic carbocycles. The summed E-state index contributed by atoms with van der Waals surface area (Å²) in [5.41, 5.74) is 10.2. The fraction of sp³-hybridized carbons (Fsp3) is 0.107. The first-order chi connectivity index (χ1) is 15.1. The lowest BCUT2D eigenvalue weighted by Crippen LogP contribution is -2.14. The van der Waals surface area contributed by atoms with Gasteiger partial charge in [0.15, 0.2) is 5.58 Å². The van der Waals surface area contributed by atoms with Crippen LogP contribution in [0.3, 0.4) is 0 Å². The van der Waals surface area contributed by atoms with E-state index in [9.17, 15) is 0 Å². The Balaban J connectivity index is 1.52. The van der Waals surface area contributed by atoms with Gasteiger partial charge >= 0.3 is 0 Å². The van der Waals surface area contributed by atoms with Crippen LogP contribution in [-0.4, -0.2) is 9.97 Å². The smallest absolute Gasteiger partial charge is 0.227 e. The van der Waals surface area contributed by atoms with E-state index in [4.69, 9.17) is 9.40 Å². The number of nitrogens with zero attached hydrogens (tertiary/aromatic N) is 1. The second kappa shape index (κ2) is 5.64. The number of hydrogen-bond acceptors (Lipinski definition) is 2. The van der Waals surface area contributed by atoms with E-state index in [-0.39, 0.29) is 5.41 Å². The van der Waals surface area contributed by atoms with E-state index in [0.717, 1.165) is 27.7 Å². The Bertz CT molecular complexity index is 1650. The molecule has 0 bridgehead atoms. The van der Waals surface area contributed by atoms with Gasteiger partial charge in [-0.1, -0.05) is 56.3 Å². The fourth-order valence-electron chi connectivity index (χ4n) is 5.25. The van der Waals surface area contributed by atoms with Crippen molar-refractivity contribution in [1.82, 2.24) is 9.97 Å². The van der Waals surface area contributed by atoms with Gasteiger partial charge in [0, 0.05) is 27.3 Å². The number of hydrogen-bond donors (Lipinski definition) is 1. The molecule has 0 spiro atoms. The van der Waals surface area contributed by atoms with Crippen molar-refractivity contribution in [2.75, 3.05) is 0 Å². The van der Waals surface area contributed by atoms with Gasteiger partial charge in [-0.25, -0.2) is 4.98 Å². The minimum atomic E-state index is -0.0144. The molecule has 0 atom stereocenters. The Morgan fingerprint density at radius 2 is 1.58 bits per heavy atom. The fourth-order valence-corrected chi connectivity index (χ4v) is 5.25. The molecule has 1 aliphatic rings. The maximum atomic E-state index is 6.25. The molecule has 0 aliphatic heterocycles. The first-order valence-corrected chi connectivity index (χ1v) is 10.7. The van der Waals surface area contributed by atoms with Crippen molar-refractivity contribution >= 4 is 32.9 Å². The number of H-pyrrole nitrogens is 1. The maximum Gasteiger partial charge on any atom is 0.227 e. The van der Waals surface area contributed by atoms with E-state index in [1.54, 1.807) is 0 Å². The molecule has 0 amide bonds. The summed E-state index contributed by atoms with van der Waals surface area (Å²) in [6, 6.07) is 27.7. The summed E-state index contributed by atoms with van der Waals surface area (Å²) in [5, 5.41) is 2.39. The van der Waals surface area contributed by atoms with Crippen LogP contribution in [0.25, 0.3) is 55.5 Å². The van der Waals surface area contributed by atoms with Crippen molar-refractivity contribution in [2.45, 2.75) is 19.3 Å². The van der Waals surface area contributed by atoms with Gasteiger partial charge in [0.25, 0.3) is 0 Å². The average Bonchev–Trinajstić information content (AvgIpc) is 3.45. The van der Waals surface area contributed by atoms with Gasteiger partial charge in [0.05, 0.1) is 5.52 Å². The standard InChI is InChI=1S/C28H20N2O/c1-28(2)21-11-7-6-10-17(21)19-14-20-18-12-13-23-26(25(18)29-24(20)15-22(19)28)31-27(30-23)16-8-4-3-5-9-16/h3-15,29H,1-2H3. The molecule has 3 heteroatoms. The van der Waals surface area contributed by atoms with E-state index in [0.29, 0.717) is 5.89 Å². The van der Waals surface area contributed by atoms with Crippen LogP contribution in [0.4, 0.5) is 0 Å². The van der Waals surface area contributed by atoms with Gasteiger partial charge < -0.3 is 9.40 Å². The van der Waals surface area contributed by atoms with E-state index in [1.165, 1.54) is 33.0 Å². The molecule has 0 fully saturated rings. The van der Waals surface area contributed by atoms with Gasteiger partial charge in [-0.05, 0) is 58.7 Å². The highest BCUT2D eigenvalue weighted by atomic mass is 16.3. The summed E-state index contributed by atoms with van der Waals surface area (Å²) in [7, 11) is 0. The van der Waals surface area contributed by atoms with Gasteiger partial charge in [-0.3, -0.25) is 0 Å². The minimum absolute atomic E-state index is 0.0144. The summed E-state index contributed by atoms with van der Waals surface area (Å²) >= 11 is 0. The maximum absolute atomic E-state index is 6.25. The van der Waals surface area contributed by atoms with Crippen LogP contribution in [-0.2, 0) is 5.41 Å². The van der Waals surface area contributed by atoms with Crippen molar-refractivity contribution in [3.63, 3.8) is 0 Å². The quantitative estimate of drug-likeness (QED) is 0.312. The molecule has 2 heterocycles. The molecule has 3 nitrogen and oxygen atoms in total. The van der Waals surface area contributed by atoms with Crippen LogP contribution < -0.4 is 0 Å². The summed E-state index contributed by atoms with van der Waals surface area (Å²) in [4.78, 5) is 8.38. The minimum Gasteiger partial charge on any atom is -0.434 e. The first kappa shape index (κ1) is 16.9. The number of oxazole rings is 1. The van der Waals surface area contributed by atoms with Crippen LogP contribution in [0, 0.1) is 0 Å². The van der Waals surface area contributed by atoms with Gasteiger partial charge in [-0.15, -0.1) is 0 Å². The Morgan fingerprint density at radius 1 is 0.774 bits per heavy atom. The predicted octanol–water partition coefficient (Wildman–Crippen LogP) is 7.44. The largest absolute Gasteiger partial charge is 0.434 e. The van der Waals surface area contributed by atoms with E-state index < -0.39 is 0 Å². The Hall–Kier alpha value is -3.85. The van der Waals surface area contributed by atoms with Crippen LogP contribution in [0.2, 0.25) is 0 Å². The number of aromatic amines is 1. The molecular formula is C28H20N2O. The second-order valence-corrected chi connectivity index (χ2v) is 8.96. The second-order valence-electron chi connectivity index (χ2n) is 8.96. The normalized spacial score (nSPS) is 14.4. The van der Waals surface area contributed by atoms with Crippen molar-refractivity contribution in [2.24, 2.45) is 0 Å². The van der Waals surface area contributed by atoms with Crippen molar-refractivity contribution < 1.29 is 4.42 Å². The molecule has 7 rings (SSSR count). The molecule has 31 heavy (non-hydrogen) atoms. The lowest BCUT2D eigenvalue weighted by Gasteiger charge is -2.21. The SMILES string of the molecule is CC1(C)c2ccccc2-c2cc3c(cc21)[nH]c1c3ccc2nc(-c3ccccc3)oc21. The number of rotatable bonds is 1. The highest BCUT2D eigenvalue weighted by Crippen LogP contribution is 2.50. The number of aromatic nitrogens is 2. The molecule has 148 valence electrons. The first-order valence-electron chi connectivity index (χ1n) is 10.7. The van der Waals surface area contributed by atoms with E-state index in [2.05, 4.69) is 67.4 Å². The molecule has 0 unspecified atom stereocenters. The van der Waals surface area contributed by atoms with Crippen molar-refractivity contribution in [3.05, 3.63) is 90.0 Å². The number of fused-ring (bicyclic) bond motifs is 8. The third-order valence-corrected chi connectivity index (χ3v) is 6.85. The zero-order chi connectivity index (χ0) is 20.7. The van der Waals surface area contributed by atoms with Crippen LogP contribution >= 0.6 is 0 Å². The monoisotopic (exact) mass is 400 g/mol. The van der Waals surface area contributed by atoms with Gasteiger partial charge in [0.1, 0.15) is 5.52 Å². The zero-order valence-electron chi connectivity index (χ0n) is 17.4. The van der Waals surface area contributed by atoms with Crippen LogP contribution in [0.1, 0.15) is 25.0 Å². The third kappa shape index (κ3) is 2.15. The average molecular weight is 400 g/mol. The Kier molecular flexibility index (Phi) is 3.07. The summed E-state index contributed by atoms with van der Waals surface area (Å²) in [6.45, 7) is 4.62. The molecule has 0 saturated heterocycles.